The van der Waals surface area contributed by atoms with E-state index in [0.29, 0.717) is 12.1 Å². The van der Waals surface area contributed by atoms with Gasteiger partial charge in [-0.1, -0.05) is 12.1 Å². The fourth-order valence-corrected chi connectivity index (χ4v) is 4.13. The van der Waals surface area contributed by atoms with Gasteiger partial charge in [0.05, 0.1) is 17.8 Å². The van der Waals surface area contributed by atoms with Crippen molar-refractivity contribution in [3.63, 3.8) is 0 Å². The molecule has 0 spiro atoms. The zero-order valence-electron chi connectivity index (χ0n) is 16.6. The smallest absolute Gasteiger partial charge is 0.251 e. The third-order valence-electron chi connectivity index (χ3n) is 5.97. The zero-order valence-corrected chi connectivity index (χ0v) is 17.5. The molecule has 2 aromatic carbocycles. The van der Waals surface area contributed by atoms with Gasteiger partial charge in [0.25, 0.3) is 5.91 Å². The van der Waals surface area contributed by atoms with E-state index in [0.717, 1.165) is 60.8 Å². The van der Waals surface area contributed by atoms with Gasteiger partial charge in [-0.05, 0) is 86.7 Å². The lowest BCUT2D eigenvalue weighted by atomic mass is 9.97. The molecule has 1 amide bonds. The highest BCUT2D eigenvalue weighted by molar-refractivity contribution is 5.96. The van der Waals surface area contributed by atoms with Gasteiger partial charge < -0.3 is 10.6 Å². The van der Waals surface area contributed by atoms with Crippen molar-refractivity contribution >= 4 is 29.2 Å². The maximum absolute atomic E-state index is 12.5. The molecule has 5 rings (SSSR count). The molecule has 2 heterocycles. The molecular weight excluding hydrogens is 384 g/mol. The molecule has 1 saturated carbocycles. The van der Waals surface area contributed by atoms with Crippen molar-refractivity contribution in [1.29, 1.82) is 0 Å². The molecular formula is C23H27ClN4O. The highest BCUT2D eigenvalue weighted by atomic mass is 35.5. The molecule has 2 fully saturated rings. The summed E-state index contributed by atoms with van der Waals surface area (Å²) < 4.78 is 2.19. The molecule has 152 valence electrons. The summed E-state index contributed by atoms with van der Waals surface area (Å²) in [5.41, 5.74) is 5.35. The van der Waals surface area contributed by atoms with Crippen LogP contribution in [-0.2, 0) is 0 Å². The molecule has 0 unspecified atom stereocenters. The molecule has 2 N–H and O–H groups in total. The number of piperidine rings is 1. The Hall–Kier alpha value is -2.37. The Morgan fingerprint density at radius 3 is 2.66 bits per heavy atom. The minimum Gasteiger partial charge on any atom is -0.349 e. The van der Waals surface area contributed by atoms with Crippen molar-refractivity contribution in [2.75, 3.05) is 13.1 Å². The molecule has 6 heteroatoms. The standard InChI is InChI=1S/C23H26N4O.ClH/c1-15-2-3-17(23(28)26-19-5-6-19)13-21(15)16-4-7-22-18(12-16)14-25-27(22)20-8-10-24-11-9-20;/h2-4,7,12-14,19-20,24H,5-6,8-11H2,1H3,(H,26,28);1H. The predicted octanol–water partition coefficient (Wildman–Crippen LogP) is 4.25. The van der Waals surface area contributed by atoms with Crippen LogP contribution in [0.1, 0.15) is 47.6 Å². The van der Waals surface area contributed by atoms with Crippen LogP contribution in [0.5, 0.6) is 0 Å². The topological polar surface area (TPSA) is 59.0 Å². The van der Waals surface area contributed by atoms with Gasteiger partial charge in [0, 0.05) is 17.0 Å². The maximum atomic E-state index is 12.5. The summed E-state index contributed by atoms with van der Waals surface area (Å²) in [6, 6.07) is 13.4. The van der Waals surface area contributed by atoms with Crippen LogP contribution < -0.4 is 10.6 Å². The predicted molar refractivity (Wildman–Crippen MR) is 119 cm³/mol. The Bertz CT molecular complexity index is 1030. The third kappa shape index (κ3) is 4.02. The van der Waals surface area contributed by atoms with E-state index in [1.54, 1.807) is 0 Å². The minimum atomic E-state index is 0. The van der Waals surface area contributed by atoms with E-state index in [4.69, 9.17) is 0 Å². The number of amides is 1. The molecule has 29 heavy (non-hydrogen) atoms. The molecule has 2 aliphatic rings. The summed E-state index contributed by atoms with van der Waals surface area (Å²) in [5, 5.41) is 12.3. The fraction of sp³-hybridized carbons (Fsp3) is 0.391. The van der Waals surface area contributed by atoms with E-state index in [1.165, 1.54) is 11.1 Å². The summed E-state index contributed by atoms with van der Waals surface area (Å²) in [6.45, 7) is 4.21. The van der Waals surface area contributed by atoms with Crippen molar-refractivity contribution in [2.45, 2.75) is 44.7 Å². The van der Waals surface area contributed by atoms with Crippen LogP contribution in [0, 0.1) is 6.92 Å². The van der Waals surface area contributed by atoms with Crippen LogP contribution in [0.4, 0.5) is 0 Å². The summed E-state index contributed by atoms with van der Waals surface area (Å²) in [6.07, 6.45) is 6.41. The van der Waals surface area contributed by atoms with Crippen LogP contribution in [-0.4, -0.2) is 34.8 Å². The van der Waals surface area contributed by atoms with Gasteiger partial charge in [0.1, 0.15) is 0 Å². The van der Waals surface area contributed by atoms with Crippen LogP contribution in [0.15, 0.2) is 42.6 Å². The lowest BCUT2D eigenvalue weighted by Gasteiger charge is -2.23. The molecule has 0 bridgehead atoms. The Morgan fingerprint density at radius 1 is 1.10 bits per heavy atom. The molecule has 0 atom stereocenters. The van der Waals surface area contributed by atoms with E-state index in [9.17, 15) is 4.79 Å². The van der Waals surface area contributed by atoms with Gasteiger partial charge in [0.15, 0.2) is 0 Å². The van der Waals surface area contributed by atoms with Crippen molar-refractivity contribution in [3.8, 4) is 11.1 Å². The fourth-order valence-electron chi connectivity index (χ4n) is 4.13. The maximum Gasteiger partial charge on any atom is 0.251 e. The lowest BCUT2D eigenvalue weighted by molar-refractivity contribution is 0.0951. The number of nitrogens with one attached hydrogen (secondary N) is 2. The number of hydrogen-bond acceptors (Lipinski definition) is 3. The summed E-state index contributed by atoms with van der Waals surface area (Å²) in [4.78, 5) is 12.5. The molecule has 0 radical (unpaired) electrons. The molecule has 1 saturated heterocycles. The van der Waals surface area contributed by atoms with E-state index < -0.39 is 0 Å². The summed E-state index contributed by atoms with van der Waals surface area (Å²) in [7, 11) is 0. The van der Waals surface area contributed by atoms with E-state index in [-0.39, 0.29) is 18.3 Å². The summed E-state index contributed by atoms with van der Waals surface area (Å²) >= 11 is 0. The van der Waals surface area contributed by atoms with Gasteiger partial charge in [0.2, 0.25) is 0 Å². The first-order valence-corrected chi connectivity index (χ1v) is 10.3. The largest absolute Gasteiger partial charge is 0.349 e. The normalized spacial score (nSPS) is 17.1. The first-order chi connectivity index (χ1) is 13.7. The van der Waals surface area contributed by atoms with Gasteiger partial charge >= 0.3 is 0 Å². The average molecular weight is 411 g/mol. The second-order valence-corrected chi connectivity index (χ2v) is 8.12. The van der Waals surface area contributed by atoms with E-state index >= 15 is 0 Å². The van der Waals surface area contributed by atoms with Gasteiger partial charge in [-0.3, -0.25) is 9.48 Å². The third-order valence-corrected chi connectivity index (χ3v) is 5.97. The first-order valence-electron chi connectivity index (χ1n) is 10.3. The van der Waals surface area contributed by atoms with Crippen LogP contribution in [0.2, 0.25) is 0 Å². The number of fused-ring (bicyclic) bond motifs is 1. The number of carbonyl (C=O) groups excluding carboxylic acids is 1. The molecule has 3 aromatic rings. The number of hydrogen-bond donors (Lipinski definition) is 2. The molecule has 1 aliphatic carbocycles. The van der Waals surface area contributed by atoms with Crippen molar-refractivity contribution < 1.29 is 4.79 Å². The minimum absolute atomic E-state index is 0. The van der Waals surface area contributed by atoms with Crippen LogP contribution in [0.3, 0.4) is 0 Å². The Labute approximate surface area is 177 Å². The summed E-state index contributed by atoms with van der Waals surface area (Å²) in [5.74, 6) is 0.0311. The highest BCUT2D eigenvalue weighted by Gasteiger charge is 2.24. The second-order valence-electron chi connectivity index (χ2n) is 8.12. The molecule has 5 nitrogen and oxygen atoms in total. The Balaban J connectivity index is 0.00000205. The monoisotopic (exact) mass is 410 g/mol. The lowest BCUT2D eigenvalue weighted by Crippen LogP contribution is -2.29. The number of aromatic nitrogens is 2. The van der Waals surface area contributed by atoms with Gasteiger partial charge in [-0.25, -0.2) is 0 Å². The zero-order chi connectivity index (χ0) is 19.1. The van der Waals surface area contributed by atoms with Crippen molar-refractivity contribution in [1.82, 2.24) is 20.4 Å². The van der Waals surface area contributed by atoms with Crippen molar-refractivity contribution in [3.05, 3.63) is 53.7 Å². The second kappa shape index (κ2) is 8.17. The Morgan fingerprint density at radius 2 is 1.90 bits per heavy atom. The van der Waals surface area contributed by atoms with Gasteiger partial charge in [-0.2, -0.15) is 5.10 Å². The van der Waals surface area contributed by atoms with Crippen molar-refractivity contribution in [2.24, 2.45) is 0 Å². The number of carbonyl (C=O) groups is 1. The first kappa shape index (κ1) is 19.9. The number of aryl methyl sites for hydroxylation is 1. The number of nitrogens with zero attached hydrogens (tertiary/aromatic N) is 2. The Kier molecular flexibility index (Phi) is 5.61. The van der Waals surface area contributed by atoms with Crippen LogP contribution in [0.25, 0.3) is 22.0 Å². The SMILES string of the molecule is Cc1ccc(C(=O)NC2CC2)cc1-c1ccc2c(cnn2C2CCNCC2)c1.Cl. The molecule has 1 aromatic heterocycles. The number of benzene rings is 2. The van der Waals surface area contributed by atoms with Gasteiger partial charge in [-0.15, -0.1) is 12.4 Å². The van der Waals surface area contributed by atoms with E-state index in [1.807, 2.05) is 24.4 Å². The van der Waals surface area contributed by atoms with E-state index in [2.05, 4.69) is 45.5 Å². The highest BCUT2D eigenvalue weighted by Crippen LogP contribution is 2.30. The molecule has 1 aliphatic heterocycles. The number of rotatable bonds is 4. The van der Waals surface area contributed by atoms with Crippen LogP contribution >= 0.6 is 12.4 Å². The number of halogens is 1. The quantitative estimate of drug-likeness (QED) is 0.676. The average Bonchev–Trinajstić information content (AvgIpc) is 3.44.